The van der Waals surface area contributed by atoms with Gasteiger partial charge in [0.25, 0.3) is 5.91 Å². The Labute approximate surface area is 113 Å². The lowest BCUT2D eigenvalue weighted by molar-refractivity contribution is 0.102. The summed E-state index contributed by atoms with van der Waals surface area (Å²) in [7, 11) is 0. The van der Waals surface area contributed by atoms with Crippen LogP contribution in [-0.2, 0) is 0 Å². The van der Waals surface area contributed by atoms with Gasteiger partial charge in [-0.05, 0) is 24.3 Å². The summed E-state index contributed by atoms with van der Waals surface area (Å²) in [4.78, 5) is 11.8. The van der Waals surface area contributed by atoms with E-state index in [-0.39, 0.29) is 16.8 Å². The van der Waals surface area contributed by atoms with Crippen LogP contribution in [-0.4, -0.2) is 17.0 Å². The highest BCUT2D eigenvalue weighted by atomic mass is 35.5. The fourth-order valence-electron chi connectivity index (χ4n) is 1.42. The number of anilines is 1. The molecule has 7 heteroatoms. The third-order valence-corrected chi connectivity index (χ3v) is 2.72. The molecule has 0 saturated heterocycles. The van der Waals surface area contributed by atoms with Crippen LogP contribution >= 0.6 is 11.6 Å². The molecule has 0 aliphatic rings. The molecule has 1 heterocycles. The Morgan fingerprint density at radius 2 is 2.16 bits per heavy atom. The Morgan fingerprint density at radius 3 is 2.74 bits per heavy atom. The summed E-state index contributed by atoms with van der Waals surface area (Å²) in [5.41, 5.74) is 6.69. The second kappa shape index (κ2) is 5.45. The summed E-state index contributed by atoms with van der Waals surface area (Å²) in [5.74, 6) is -0.401. The Morgan fingerprint density at radius 1 is 1.37 bits per heavy atom. The van der Waals surface area contributed by atoms with E-state index in [0.717, 1.165) is 0 Å². The molecule has 0 saturated carbocycles. The minimum absolute atomic E-state index is 0.0605. The van der Waals surface area contributed by atoms with E-state index >= 15 is 0 Å². The number of halogens is 1. The van der Waals surface area contributed by atoms with Gasteiger partial charge in [-0.25, -0.2) is 0 Å². The number of nitrogens with two attached hydrogens (primary N) is 1. The van der Waals surface area contributed by atoms with E-state index in [0.29, 0.717) is 16.8 Å². The van der Waals surface area contributed by atoms with Gasteiger partial charge in [0.2, 0.25) is 0 Å². The van der Waals surface area contributed by atoms with Crippen LogP contribution in [0.4, 0.5) is 5.69 Å². The molecule has 1 amide bonds. The molecule has 4 N–H and O–H groups in total. The molecule has 1 aromatic heterocycles. The van der Waals surface area contributed by atoms with Gasteiger partial charge >= 0.3 is 0 Å². The predicted molar refractivity (Wildman–Crippen MR) is 70.6 cm³/mol. The molecule has 0 spiro atoms. The number of hydrogen-bond acceptors (Lipinski definition) is 4. The number of furan rings is 1. The van der Waals surface area contributed by atoms with E-state index in [1.165, 1.54) is 24.7 Å². The molecule has 0 atom stereocenters. The summed E-state index contributed by atoms with van der Waals surface area (Å²) in [5, 5.41) is 14.3. The van der Waals surface area contributed by atoms with E-state index in [4.69, 9.17) is 27.0 Å². The molecule has 19 heavy (non-hydrogen) atoms. The SMILES string of the molecule is N/C(=N/O)c1ccc(NC(=O)c2ccoc2)c(Cl)c1. The van der Waals surface area contributed by atoms with Gasteiger partial charge in [0.1, 0.15) is 6.26 Å². The van der Waals surface area contributed by atoms with Crippen LogP contribution in [0.5, 0.6) is 0 Å². The number of carbonyl (C=O) groups excluding carboxylic acids is 1. The standard InChI is InChI=1S/C12H10ClN3O3/c13-9-5-7(11(14)16-18)1-2-10(9)15-12(17)8-3-4-19-6-8/h1-6,18H,(H2,14,16)(H,15,17). The summed E-state index contributed by atoms with van der Waals surface area (Å²) in [6.45, 7) is 0. The molecule has 0 aliphatic carbocycles. The van der Waals surface area contributed by atoms with Crippen molar-refractivity contribution in [2.45, 2.75) is 0 Å². The first-order valence-electron chi connectivity index (χ1n) is 5.23. The van der Waals surface area contributed by atoms with Gasteiger partial charge in [-0.3, -0.25) is 4.79 Å². The quantitative estimate of drug-likeness (QED) is 0.347. The normalized spacial score (nSPS) is 11.3. The lowest BCUT2D eigenvalue weighted by Gasteiger charge is -2.07. The molecule has 98 valence electrons. The number of benzene rings is 1. The first kappa shape index (κ1) is 13.0. The van der Waals surface area contributed by atoms with Gasteiger partial charge in [-0.1, -0.05) is 16.8 Å². The number of rotatable bonds is 3. The third kappa shape index (κ3) is 2.86. The molecule has 0 aliphatic heterocycles. The molecule has 0 bridgehead atoms. The highest BCUT2D eigenvalue weighted by molar-refractivity contribution is 6.34. The van der Waals surface area contributed by atoms with Gasteiger partial charge < -0.3 is 20.7 Å². The average molecular weight is 280 g/mol. The molecule has 2 rings (SSSR count). The minimum Gasteiger partial charge on any atom is -0.472 e. The van der Waals surface area contributed by atoms with Crippen LogP contribution in [0.3, 0.4) is 0 Å². The zero-order valence-corrected chi connectivity index (χ0v) is 10.4. The number of amidine groups is 1. The summed E-state index contributed by atoms with van der Waals surface area (Å²) >= 11 is 6.01. The molecule has 2 aromatic rings. The topological polar surface area (TPSA) is 101 Å². The fraction of sp³-hybridized carbons (Fsp3) is 0. The van der Waals surface area contributed by atoms with Crippen LogP contribution in [0, 0.1) is 0 Å². The van der Waals surface area contributed by atoms with Gasteiger partial charge in [0, 0.05) is 5.56 Å². The van der Waals surface area contributed by atoms with Crippen LogP contribution in [0.15, 0.2) is 46.4 Å². The molecule has 1 aromatic carbocycles. The highest BCUT2D eigenvalue weighted by Crippen LogP contribution is 2.23. The second-order valence-corrected chi connectivity index (χ2v) is 4.05. The van der Waals surface area contributed by atoms with Gasteiger partial charge in [-0.2, -0.15) is 0 Å². The lowest BCUT2D eigenvalue weighted by Crippen LogP contribution is -2.14. The van der Waals surface area contributed by atoms with E-state index in [9.17, 15) is 4.79 Å². The van der Waals surface area contributed by atoms with Crippen LogP contribution in [0.25, 0.3) is 0 Å². The van der Waals surface area contributed by atoms with Gasteiger partial charge in [-0.15, -0.1) is 0 Å². The van der Waals surface area contributed by atoms with Crippen molar-refractivity contribution < 1.29 is 14.4 Å². The number of oxime groups is 1. The van der Waals surface area contributed by atoms with Crippen molar-refractivity contribution in [1.29, 1.82) is 0 Å². The Balaban J connectivity index is 2.20. The lowest BCUT2D eigenvalue weighted by atomic mass is 10.2. The Hall–Kier alpha value is -2.47. The molecule has 6 nitrogen and oxygen atoms in total. The highest BCUT2D eigenvalue weighted by Gasteiger charge is 2.10. The summed E-state index contributed by atoms with van der Waals surface area (Å²) in [6, 6.07) is 6.16. The monoisotopic (exact) mass is 279 g/mol. The van der Waals surface area contributed by atoms with E-state index in [2.05, 4.69) is 10.5 Å². The maximum absolute atomic E-state index is 11.8. The largest absolute Gasteiger partial charge is 0.472 e. The Kier molecular flexibility index (Phi) is 3.72. The number of nitrogens with zero attached hydrogens (tertiary/aromatic N) is 1. The number of carbonyl (C=O) groups is 1. The van der Waals surface area contributed by atoms with Crippen molar-refractivity contribution in [3.05, 3.63) is 52.9 Å². The summed E-state index contributed by atoms with van der Waals surface area (Å²) < 4.78 is 4.81. The maximum Gasteiger partial charge on any atom is 0.258 e. The van der Waals surface area contributed by atoms with Crippen molar-refractivity contribution in [2.24, 2.45) is 10.9 Å². The van der Waals surface area contributed by atoms with Crippen LogP contribution in [0.2, 0.25) is 5.02 Å². The molecular formula is C12H10ClN3O3. The van der Waals surface area contributed by atoms with Crippen molar-refractivity contribution in [2.75, 3.05) is 5.32 Å². The first-order chi connectivity index (χ1) is 9.11. The zero-order valence-electron chi connectivity index (χ0n) is 9.63. The second-order valence-electron chi connectivity index (χ2n) is 3.65. The minimum atomic E-state index is -0.341. The molecular weight excluding hydrogens is 270 g/mol. The maximum atomic E-state index is 11.8. The zero-order chi connectivity index (χ0) is 13.8. The Bertz CT molecular complexity index is 623. The smallest absolute Gasteiger partial charge is 0.258 e. The number of amides is 1. The molecule has 0 radical (unpaired) electrons. The van der Waals surface area contributed by atoms with Crippen molar-refractivity contribution in [3.63, 3.8) is 0 Å². The van der Waals surface area contributed by atoms with Crippen molar-refractivity contribution in [3.8, 4) is 0 Å². The molecule has 0 unspecified atom stereocenters. The predicted octanol–water partition coefficient (Wildman–Crippen LogP) is 2.28. The average Bonchev–Trinajstić information content (AvgIpc) is 2.94. The van der Waals surface area contributed by atoms with E-state index in [1.807, 2.05) is 0 Å². The fourth-order valence-corrected chi connectivity index (χ4v) is 1.65. The number of nitrogens with one attached hydrogen (secondary N) is 1. The van der Waals surface area contributed by atoms with Gasteiger partial charge in [0.05, 0.1) is 22.5 Å². The van der Waals surface area contributed by atoms with E-state index in [1.54, 1.807) is 12.1 Å². The van der Waals surface area contributed by atoms with E-state index < -0.39 is 0 Å². The number of hydrogen-bond donors (Lipinski definition) is 3. The molecule has 0 fully saturated rings. The third-order valence-electron chi connectivity index (χ3n) is 2.40. The summed E-state index contributed by atoms with van der Waals surface area (Å²) in [6.07, 6.45) is 2.73. The van der Waals surface area contributed by atoms with Gasteiger partial charge in [0.15, 0.2) is 5.84 Å². The van der Waals surface area contributed by atoms with Crippen molar-refractivity contribution >= 4 is 29.0 Å². The first-order valence-corrected chi connectivity index (χ1v) is 5.60. The van der Waals surface area contributed by atoms with Crippen LogP contribution < -0.4 is 11.1 Å². The van der Waals surface area contributed by atoms with Crippen LogP contribution in [0.1, 0.15) is 15.9 Å². The van der Waals surface area contributed by atoms with Crippen molar-refractivity contribution in [1.82, 2.24) is 0 Å².